The summed E-state index contributed by atoms with van der Waals surface area (Å²) in [6, 6.07) is -0.0538. The van der Waals surface area contributed by atoms with Crippen LogP contribution in [0.4, 0.5) is 4.79 Å². The van der Waals surface area contributed by atoms with Crippen LogP contribution >= 0.6 is 0 Å². The van der Waals surface area contributed by atoms with E-state index in [1.807, 2.05) is 4.90 Å². The van der Waals surface area contributed by atoms with Crippen LogP contribution < -0.4 is 5.32 Å². The summed E-state index contributed by atoms with van der Waals surface area (Å²) in [5.74, 6) is -0.363. The number of carboxylic acids is 1. The second-order valence-electron chi connectivity index (χ2n) is 7.47. The van der Waals surface area contributed by atoms with Crippen molar-refractivity contribution >= 4 is 12.0 Å². The van der Waals surface area contributed by atoms with Gasteiger partial charge in [-0.2, -0.15) is 0 Å². The maximum atomic E-state index is 12.2. The van der Waals surface area contributed by atoms with Crippen LogP contribution in [-0.4, -0.2) is 41.6 Å². The average molecular weight is 298 g/mol. The van der Waals surface area contributed by atoms with Crippen LogP contribution in [0.2, 0.25) is 0 Å². The van der Waals surface area contributed by atoms with Crippen molar-refractivity contribution in [3.63, 3.8) is 0 Å². The second kappa shape index (κ2) is 7.66. The number of likely N-dealkylation sites (tertiary alicyclic amines) is 1. The Morgan fingerprint density at radius 1 is 1.33 bits per heavy atom. The lowest BCUT2D eigenvalue weighted by Gasteiger charge is -2.38. The molecule has 0 aliphatic carbocycles. The van der Waals surface area contributed by atoms with Gasteiger partial charge in [-0.25, -0.2) is 4.79 Å². The van der Waals surface area contributed by atoms with Crippen LogP contribution in [0.25, 0.3) is 0 Å². The Kier molecular flexibility index (Phi) is 6.49. The predicted molar refractivity (Wildman–Crippen MR) is 83.2 cm³/mol. The van der Waals surface area contributed by atoms with Gasteiger partial charge >= 0.3 is 12.0 Å². The molecular weight excluding hydrogens is 268 g/mol. The molecule has 1 rings (SSSR count). The van der Waals surface area contributed by atoms with Gasteiger partial charge in [-0.3, -0.25) is 4.79 Å². The van der Waals surface area contributed by atoms with E-state index in [0.717, 1.165) is 32.4 Å². The molecule has 2 N–H and O–H groups in total. The van der Waals surface area contributed by atoms with Crippen LogP contribution in [0.3, 0.4) is 0 Å². The van der Waals surface area contributed by atoms with Crippen molar-refractivity contribution in [1.29, 1.82) is 0 Å². The fourth-order valence-electron chi connectivity index (χ4n) is 3.09. The largest absolute Gasteiger partial charge is 0.481 e. The number of amides is 2. The minimum absolute atomic E-state index is 0.00394. The van der Waals surface area contributed by atoms with Gasteiger partial charge in [0, 0.05) is 26.1 Å². The van der Waals surface area contributed by atoms with E-state index in [9.17, 15) is 9.59 Å². The molecule has 1 heterocycles. The number of urea groups is 1. The second-order valence-corrected chi connectivity index (χ2v) is 7.47. The molecule has 0 aromatic carbocycles. The van der Waals surface area contributed by atoms with Gasteiger partial charge in [0.2, 0.25) is 0 Å². The standard InChI is InChI=1S/C16H30N2O3/c1-12(2)8-13(9-14(19)20)10-17-15(21)18-7-5-6-16(3,4)11-18/h12-13H,5-11H2,1-4H3,(H,17,21)(H,19,20). The molecule has 1 unspecified atom stereocenters. The Hall–Kier alpha value is -1.26. The normalized spacial score (nSPS) is 19.4. The summed E-state index contributed by atoms with van der Waals surface area (Å²) in [5, 5.41) is 11.9. The molecule has 122 valence electrons. The summed E-state index contributed by atoms with van der Waals surface area (Å²) in [6.07, 6.45) is 3.11. The number of aliphatic carboxylic acids is 1. The molecule has 5 nitrogen and oxygen atoms in total. The predicted octanol–water partition coefficient (Wildman–Crippen LogP) is 2.96. The van der Waals surface area contributed by atoms with Gasteiger partial charge in [0.15, 0.2) is 0 Å². The molecular formula is C16H30N2O3. The van der Waals surface area contributed by atoms with Crippen LogP contribution in [-0.2, 0) is 4.79 Å². The van der Waals surface area contributed by atoms with Gasteiger partial charge in [0.25, 0.3) is 0 Å². The van der Waals surface area contributed by atoms with Crippen molar-refractivity contribution in [1.82, 2.24) is 10.2 Å². The van der Waals surface area contributed by atoms with Crippen LogP contribution in [0.15, 0.2) is 0 Å². The quantitative estimate of drug-likeness (QED) is 0.792. The Morgan fingerprint density at radius 3 is 2.52 bits per heavy atom. The fraction of sp³-hybridized carbons (Fsp3) is 0.875. The first-order chi connectivity index (χ1) is 9.69. The highest BCUT2D eigenvalue weighted by molar-refractivity contribution is 5.74. The summed E-state index contributed by atoms with van der Waals surface area (Å²) in [5.41, 5.74) is 0.175. The van der Waals surface area contributed by atoms with E-state index in [4.69, 9.17) is 5.11 Å². The number of hydrogen-bond donors (Lipinski definition) is 2. The lowest BCUT2D eigenvalue weighted by Crippen LogP contribution is -2.49. The first-order valence-electron chi connectivity index (χ1n) is 7.94. The summed E-state index contributed by atoms with van der Waals surface area (Å²) in [6.45, 7) is 10.5. The Labute approximate surface area is 128 Å². The van der Waals surface area contributed by atoms with Gasteiger partial charge in [-0.05, 0) is 36.5 Å². The highest BCUT2D eigenvalue weighted by Crippen LogP contribution is 2.28. The average Bonchev–Trinajstić information content (AvgIpc) is 2.33. The van der Waals surface area contributed by atoms with Crippen LogP contribution in [0.1, 0.15) is 53.4 Å². The minimum Gasteiger partial charge on any atom is -0.481 e. The number of carbonyl (C=O) groups excluding carboxylic acids is 1. The zero-order chi connectivity index (χ0) is 16.0. The van der Waals surface area contributed by atoms with Crippen molar-refractivity contribution in [3.05, 3.63) is 0 Å². The number of nitrogens with zero attached hydrogens (tertiary/aromatic N) is 1. The molecule has 0 bridgehead atoms. The van der Waals surface area contributed by atoms with E-state index in [1.165, 1.54) is 0 Å². The number of piperidine rings is 1. The number of nitrogens with one attached hydrogen (secondary N) is 1. The zero-order valence-corrected chi connectivity index (χ0v) is 13.8. The van der Waals surface area contributed by atoms with E-state index < -0.39 is 5.97 Å². The SMILES string of the molecule is CC(C)CC(CNC(=O)N1CCCC(C)(C)C1)CC(=O)O. The lowest BCUT2D eigenvalue weighted by atomic mass is 9.84. The van der Waals surface area contributed by atoms with E-state index in [-0.39, 0.29) is 23.8 Å². The van der Waals surface area contributed by atoms with Crippen LogP contribution in [0.5, 0.6) is 0 Å². The minimum atomic E-state index is -0.797. The van der Waals surface area contributed by atoms with Crippen molar-refractivity contribution in [3.8, 4) is 0 Å². The molecule has 0 aromatic heterocycles. The third-order valence-electron chi connectivity index (χ3n) is 4.00. The van der Waals surface area contributed by atoms with Crippen molar-refractivity contribution in [2.45, 2.75) is 53.4 Å². The molecule has 5 heteroatoms. The van der Waals surface area contributed by atoms with Crippen molar-refractivity contribution in [2.24, 2.45) is 17.3 Å². The molecule has 21 heavy (non-hydrogen) atoms. The van der Waals surface area contributed by atoms with Crippen LogP contribution in [0, 0.1) is 17.3 Å². The third kappa shape index (κ3) is 6.82. The van der Waals surface area contributed by atoms with Gasteiger partial charge < -0.3 is 15.3 Å². The van der Waals surface area contributed by atoms with Crippen molar-refractivity contribution < 1.29 is 14.7 Å². The smallest absolute Gasteiger partial charge is 0.317 e. The lowest BCUT2D eigenvalue weighted by molar-refractivity contribution is -0.138. The molecule has 0 aromatic rings. The summed E-state index contributed by atoms with van der Waals surface area (Å²) in [7, 11) is 0. The van der Waals surface area contributed by atoms with Gasteiger partial charge in [-0.15, -0.1) is 0 Å². The third-order valence-corrected chi connectivity index (χ3v) is 4.00. The van der Waals surface area contributed by atoms with Crippen molar-refractivity contribution in [2.75, 3.05) is 19.6 Å². The molecule has 1 fully saturated rings. The van der Waals surface area contributed by atoms with Gasteiger partial charge in [0.05, 0.1) is 0 Å². The number of carbonyl (C=O) groups is 2. The van der Waals surface area contributed by atoms with Gasteiger partial charge in [-0.1, -0.05) is 27.7 Å². The molecule has 0 spiro atoms. The molecule has 1 atom stereocenters. The van der Waals surface area contributed by atoms with Gasteiger partial charge in [0.1, 0.15) is 0 Å². The number of hydrogen-bond acceptors (Lipinski definition) is 2. The van der Waals surface area contributed by atoms with E-state index in [0.29, 0.717) is 12.5 Å². The summed E-state index contributed by atoms with van der Waals surface area (Å²) < 4.78 is 0. The van der Waals surface area contributed by atoms with E-state index >= 15 is 0 Å². The number of rotatable bonds is 6. The number of carboxylic acid groups (broad SMARTS) is 1. The molecule has 1 aliphatic rings. The zero-order valence-electron chi connectivity index (χ0n) is 13.8. The maximum absolute atomic E-state index is 12.2. The first-order valence-corrected chi connectivity index (χ1v) is 7.94. The highest BCUT2D eigenvalue weighted by Gasteiger charge is 2.29. The molecule has 0 saturated carbocycles. The van der Waals surface area contributed by atoms with E-state index in [2.05, 4.69) is 33.0 Å². The molecule has 1 saturated heterocycles. The fourth-order valence-corrected chi connectivity index (χ4v) is 3.09. The Morgan fingerprint density at radius 2 is 2.00 bits per heavy atom. The molecule has 2 amide bonds. The maximum Gasteiger partial charge on any atom is 0.317 e. The monoisotopic (exact) mass is 298 g/mol. The Bertz CT molecular complexity index is 367. The Balaban J connectivity index is 2.46. The highest BCUT2D eigenvalue weighted by atomic mass is 16.4. The molecule has 1 aliphatic heterocycles. The van der Waals surface area contributed by atoms with E-state index in [1.54, 1.807) is 0 Å². The first kappa shape index (κ1) is 17.8. The summed E-state index contributed by atoms with van der Waals surface area (Å²) >= 11 is 0. The summed E-state index contributed by atoms with van der Waals surface area (Å²) in [4.78, 5) is 25.0. The molecule has 0 radical (unpaired) electrons. The topological polar surface area (TPSA) is 69.6 Å².